The van der Waals surface area contributed by atoms with Crippen molar-refractivity contribution in [1.29, 1.82) is 0 Å². The zero-order chi connectivity index (χ0) is 18.6. The fraction of sp³-hybridized carbons (Fsp3) is 0.333. The molecule has 134 valence electrons. The third-order valence-corrected chi connectivity index (χ3v) is 4.65. The molecule has 2 aromatic rings. The highest BCUT2D eigenvalue weighted by atomic mass is 32.1. The van der Waals surface area contributed by atoms with E-state index in [0.717, 1.165) is 41.5 Å². The number of anilines is 1. The van der Waals surface area contributed by atoms with Crippen LogP contribution in [0.2, 0.25) is 0 Å². The zero-order valence-corrected chi connectivity index (χ0v) is 15.0. The number of thiophene rings is 1. The third kappa shape index (κ3) is 4.85. The molecule has 0 saturated heterocycles. The number of aryl methyl sites for hydroxylation is 2. The maximum Gasteiger partial charge on any atom is 0.349 e. The molecule has 7 heteroatoms. The smallest absolute Gasteiger partial charge is 0.349 e. The second kappa shape index (κ2) is 8.20. The lowest BCUT2D eigenvalue weighted by Gasteiger charge is -2.13. The minimum Gasteiger partial charge on any atom is -0.448 e. The summed E-state index contributed by atoms with van der Waals surface area (Å²) in [5.41, 5.74) is 0.781. The largest absolute Gasteiger partial charge is 0.448 e. The van der Waals surface area contributed by atoms with Gasteiger partial charge in [0.2, 0.25) is 0 Å². The van der Waals surface area contributed by atoms with Gasteiger partial charge in [0, 0.05) is 10.9 Å². The van der Waals surface area contributed by atoms with Crippen LogP contribution in [-0.4, -0.2) is 18.0 Å². The Morgan fingerprint density at radius 1 is 1.28 bits per heavy atom. The molecule has 0 bridgehead atoms. The Hall–Kier alpha value is -2.28. The lowest BCUT2D eigenvalue weighted by atomic mass is 10.1. The molecule has 0 aliphatic heterocycles. The Balaban J connectivity index is 2.01. The molecular formula is C18H19F2NO3S. The first kappa shape index (κ1) is 19.1. The van der Waals surface area contributed by atoms with Crippen LogP contribution in [-0.2, 0) is 16.0 Å². The molecule has 0 aliphatic rings. The number of esters is 1. The predicted octanol–water partition coefficient (Wildman–Crippen LogP) is 4.47. The minimum absolute atomic E-state index is 0.301. The van der Waals surface area contributed by atoms with Gasteiger partial charge in [-0.3, -0.25) is 4.79 Å². The van der Waals surface area contributed by atoms with Gasteiger partial charge in [0.15, 0.2) is 6.10 Å². The van der Waals surface area contributed by atoms with E-state index in [1.807, 2.05) is 13.8 Å². The minimum atomic E-state index is -1.15. The van der Waals surface area contributed by atoms with Gasteiger partial charge >= 0.3 is 5.97 Å². The van der Waals surface area contributed by atoms with Crippen molar-refractivity contribution >= 4 is 28.9 Å². The van der Waals surface area contributed by atoms with Crippen molar-refractivity contribution in [3.05, 3.63) is 51.2 Å². The molecule has 0 spiro atoms. The van der Waals surface area contributed by atoms with E-state index in [2.05, 4.69) is 5.32 Å². The second-order valence-electron chi connectivity index (χ2n) is 5.60. The zero-order valence-electron chi connectivity index (χ0n) is 14.2. The van der Waals surface area contributed by atoms with Crippen molar-refractivity contribution in [2.75, 3.05) is 5.32 Å². The van der Waals surface area contributed by atoms with E-state index in [1.165, 1.54) is 18.3 Å². The summed E-state index contributed by atoms with van der Waals surface area (Å²) in [6.45, 7) is 5.35. The predicted molar refractivity (Wildman–Crippen MR) is 92.9 cm³/mol. The molecule has 0 aliphatic carbocycles. The van der Waals surface area contributed by atoms with Crippen molar-refractivity contribution in [1.82, 2.24) is 0 Å². The Morgan fingerprint density at radius 2 is 2.00 bits per heavy atom. The SMILES string of the molecule is CCCc1cc(C(=O)O[C@H](C)C(=O)Nc2cc(F)ccc2F)sc1C. The summed E-state index contributed by atoms with van der Waals surface area (Å²) in [6.07, 6.45) is 0.682. The fourth-order valence-electron chi connectivity index (χ4n) is 2.24. The summed E-state index contributed by atoms with van der Waals surface area (Å²) < 4.78 is 31.8. The molecule has 1 heterocycles. The fourth-order valence-corrected chi connectivity index (χ4v) is 3.19. The number of carbonyl (C=O) groups excluding carboxylic acids is 2. The van der Waals surface area contributed by atoms with Crippen LogP contribution in [0.1, 0.15) is 40.4 Å². The summed E-state index contributed by atoms with van der Waals surface area (Å²) >= 11 is 1.31. The first-order valence-electron chi connectivity index (χ1n) is 7.88. The summed E-state index contributed by atoms with van der Waals surface area (Å²) in [6, 6.07) is 4.48. The van der Waals surface area contributed by atoms with Crippen LogP contribution in [0.25, 0.3) is 0 Å². The Morgan fingerprint density at radius 3 is 2.68 bits per heavy atom. The van der Waals surface area contributed by atoms with Crippen LogP contribution in [0.5, 0.6) is 0 Å². The topological polar surface area (TPSA) is 55.4 Å². The maximum atomic E-state index is 13.6. The normalized spacial score (nSPS) is 11.9. The van der Waals surface area contributed by atoms with Gasteiger partial charge in [-0.05, 0) is 44.0 Å². The number of nitrogens with one attached hydrogen (secondary N) is 1. The monoisotopic (exact) mass is 367 g/mol. The van der Waals surface area contributed by atoms with Crippen molar-refractivity contribution in [3.63, 3.8) is 0 Å². The molecule has 2 rings (SSSR count). The Bertz CT molecular complexity index is 789. The first-order chi connectivity index (χ1) is 11.8. The molecule has 25 heavy (non-hydrogen) atoms. The van der Waals surface area contributed by atoms with Crippen LogP contribution in [0.4, 0.5) is 14.5 Å². The molecule has 0 unspecified atom stereocenters. The number of amides is 1. The molecule has 0 radical (unpaired) electrons. The van der Waals surface area contributed by atoms with E-state index in [9.17, 15) is 18.4 Å². The molecule has 0 fully saturated rings. The maximum absolute atomic E-state index is 13.6. The van der Waals surface area contributed by atoms with Crippen LogP contribution < -0.4 is 5.32 Å². The summed E-state index contributed by atoms with van der Waals surface area (Å²) in [5, 5.41) is 2.22. The summed E-state index contributed by atoms with van der Waals surface area (Å²) in [5.74, 6) is -2.80. The summed E-state index contributed by atoms with van der Waals surface area (Å²) in [4.78, 5) is 25.7. The summed E-state index contributed by atoms with van der Waals surface area (Å²) in [7, 11) is 0. The van der Waals surface area contributed by atoms with Gasteiger partial charge in [-0.1, -0.05) is 13.3 Å². The van der Waals surface area contributed by atoms with Crippen LogP contribution >= 0.6 is 11.3 Å². The van der Waals surface area contributed by atoms with Crippen LogP contribution in [0.15, 0.2) is 24.3 Å². The number of hydrogen-bond acceptors (Lipinski definition) is 4. The molecule has 0 saturated carbocycles. The highest BCUT2D eigenvalue weighted by molar-refractivity contribution is 7.14. The number of halogens is 2. The average molecular weight is 367 g/mol. The highest BCUT2D eigenvalue weighted by Crippen LogP contribution is 2.24. The average Bonchev–Trinajstić information content (AvgIpc) is 2.92. The molecule has 1 aromatic heterocycles. The van der Waals surface area contributed by atoms with Gasteiger partial charge in [-0.15, -0.1) is 11.3 Å². The molecule has 1 atom stereocenters. The van der Waals surface area contributed by atoms with Gasteiger partial charge in [0.25, 0.3) is 5.91 Å². The van der Waals surface area contributed by atoms with Gasteiger partial charge in [0.05, 0.1) is 5.69 Å². The van der Waals surface area contributed by atoms with Gasteiger partial charge in [-0.2, -0.15) is 0 Å². The number of ether oxygens (including phenoxy) is 1. The van der Waals surface area contributed by atoms with Crippen molar-refractivity contribution in [2.24, 2.45) is 0 Å². The Kier molecular flexibility index (Phi) is 6.25. The second-order valence-corrected chi connectivity index (χ2v) is 6.86. The van der Waals surface area contributed by atoms with Gasteiger partial charge < -0.3 is 10.1 Å². The van der Waals surface area contributed by atoms with Crippen LogP contribution in [0.3, 0.4) is 0 Å². The van der Waals surface area contributed by atoms with Gasteiger partial charge in [0.1, 0.15) is 16.5 Å². The number of rotatable bonds is 6. The van der Waals surface area contributed by atoms with Crippen LogP contribution in [0, 0.1) is 18.6 Å². The number of benzene rings is 1. The van der Waals surface area contributed by atoms with Gasteiger partial charge in [-0.25, -0.2) is 13.6 Å². The third-order valence-electron chi connectivity index (χ3n) is 3.58. The van der Waals surface area contributed by atoms with E-state index >= 15 is 0 Å². The lowest BCUT2D eigenvalue weighted by Crippen LogP contribution is -2.30. The van der Waals surface area contributed by atoms with E-state index in [0.29, 0.717) is 4.88 Å². The van der Waals surface area contributed by atoms with E-state index in [4.69, 9.17) is 4.74 Å². The van der Waals surface area contributed by atoms with E-state index in [-0.39, 0.29) is 5.69 Å². The molecule has 1 N–H and O–H groups in total. The number of hydrogen-bond donors (Lipinski definition) is 1. The highest BCUT2D eigenvalue weighted by Gasteiger charge is 2.22. The van der Waals surface area contributed by atoms with Crippen molar-refractivity contribution < 1.29 is 23.1 Å². The standard InChI is InChI=1S/C18H19F2NO3S/c1-4-5-12-8-16(25-11(12)3)18(23)24-10(2)17(22)21-15-9-13(19)6-7-14(15)20/h6-10H,4-5H2,1-3H3,(H,21,22)/t10-/m1/s1. The quantitative estimate of drug-likeness (QED) is 0.767. The van der Waals surface area contributed by atoms with Crippen molar-refractivity contribution in [3.8, 4) is 0 Å². The van der Waals surface area contributed by atoms with Crippen molar-refractivity contribution in [2.45, 2.75) is 39.7 Å². The van der Waals surface area contributed by atoms with E-state index in [1.54, 1.807) is 6.07 Å². The Labute approximate surface area is 148 Å². The first-order valence-corrected chi connectivity index (χ1v) is 8.69. The molecular weight excluding hydrogens is 348 g/mol. The molecule has 1 amide bonds. The molecule has 4 nitrogen and oxygen atoms in total. The lowest BCUT2D eigenvalue weighted by molar-refractivity contribution is -0.123. The molecule has 1 aromatic carbocycles. The number of carbonyl (C=O) groups is 2. The van der Waals surface area contributed by atoms with E-state index < -0.39 is 29.6 Å².